The molecule has 2 heterocycles. The summed E-state index contributed by atoms with van der Waals surface area (Å²) < 4.78 is 2.63. The second-order valence-electron chi connectivity index (χ2n) is 6.78. The average Bonchev–Trinajstić information content (AvgIpc) is 3.23. The number of nitrogens with zero attached hydrogens (tertiary/aromatic N) is 3. The van der Waals surface area contributed by atoms with Crippen LogP contribution in [-0.4, -0.2) is 14.6 Å². The lowest BCUT2D eigenvalue weighted by Gasteiger charge is -2.08. The van der Waals surface area contributed by atoms with Gasteiger partial charge in [-0.1, -0.05) is 54.1 Å². The molecule has 0 radical (unpaired) electrons. The van der Waals surface area contributed by atoms with Gasteiger partial charge in [0.2, 0.25) is 0 Å². The van der Waals surface area contributed by atoms with Crippen LogP contribution in [0.3, 0.4) is 0 Å². The van der Waals surface area contributed by atoms with Gasteiger partial charge in [0.1, 0.15) is 5.69 Å². The number of imidazole rings is 1. The van der Waals surface area contributed by atoms with Gasteiger partial charge in [0.15, 0.2) is 10.8 Å². The predicted molar refractivity (Wildman–Crippen MR) is 112 cm³/mol. The maximum atomic E-state index is 6.23. The van der Waals surface area contributed by atoms with Crippen molar-refractivity contribution >= 4 is 33.2 Å². The fourth-order valence-electron chi connectivity index (χ4n) is 3.81. The molecule has 4 nitrogen and oxygen atoms in total. The van der Waals surface area contributed by atoms with Crippen LogP contribution in [-0.2, 0) is 6.42 Å². The number of aromatic nitrogens is 3. The van der Waals surface area contributed by atoms with Gasteiger partial charge in [-0.25, -0.2) is 9.50 Å². The normalized spacial score (nSPS) is 16.0. The van der Waals surface area contributed by atoms with Crippen molar-refractivity contribution in [1.82, 2.24) is 14.6 Å². The Kier molecular flexibility index (Phi) is 4.04. The monoisotopic (exact) mass is 438 g/mol. The molecule has 0 fully saturated rings. The van der Waals surface area contributed by atoms with Crippen molar-refractivity contribution in [2.45, 2.75) is 18.9 Å². The molecule has 0 saturated heterocycles. The summed E-state index contributed by atoms with van der Waals surface area (Å²) in [4.78, 5) is 4.91. The van der Waals surface area contributed by atoms with E-state index in [-0.39, 0.29) is 6.04 Å². The van der Waals surface area contributed by atoms with Crippen LogP contribution in [0.2, 0.25) is 5.15 Å². The maximum absolute atomic E-state index is 6.23. The summed E-state index contributed by atoms with van der Waals surface area (Å²) in [6.07, 6.45) is 2.00. The van der Waals surface area contributed by atoms with Gasteiger partial charge in [-0.3, -0.25) is 0 Å². The summed E-state index contributed by atoms with van der Waals surface area (Å²) >= 11 is 9.80. The highest BCUT2D eigenvalue weighted by molar-refractivity contribution is 9.10. The van der Waals surface area contributed by atoms with Crippen molar-refractivity contribution < 1.29 is 0 Å². The van der Waals surface area contributed by atoms with Gasteiger partial charge in [0.05, 0.1) is 10.2 Å². The van der Waals surface area contributed by atoms with E-state index in [1.807, 2.05) is 22.7 Å². The SMILES string of the molecule is NC1CCc2cc(-c3nc4c(Br)cc(Cl)nn4c3-c3ccccc3)ccc21. The number of hydrogen-bond donors (Lipinski definition) is 1. The first kappa shape index (κ1) is 16.9. The van der Waals surface area contributed by atoms with Gasteiger partial charge < -0.3 is 5.73 Å². The molecule has 1 aliphatic carbocycles. The van der Waals surface area contributed by atoms with E-state index in [0.29, 0.717) is 5.15 Å². The summed E-state index contributed by atoms with van der Waals surface area (Å²) in [5, 5.41) is 4.93. The molecule has 27 heavy (non-hydrogen) atoms. The molecular weight excluding hydrogens is 424 g/mol. The standard InChI is InChI=1S/C21H16BrClN4/c22-16-11-18(23)26-27-20(12-4-2-1-3-5-12)19(25-21(16)27)14-6-8-15-13(10-14)7-9-17(15)24/h1-6,8,10-11,17H,7,9,24H2. The molecule has 1 unspecified atom stereocenters. The zero-order valence-electron chi connectivity index (χ0n) is 14.4. The van der Waals surface area contributed by atoms with Crippen LogP contribution in [0.15, 0.2) is 59.1 Å². The van der Waals surface area contributed by atoms with Gasteiger partial charge in [0.25, 0.3) is 0 Å². The minimum Gasteiger partial charge on any atom is -0.324 e. The minimum atomic E-state index is 0.137. The quantitative estimate of drug-likeness (QED) is 0.453. The molecule has 2 aromatic carbocycles. The summed E-state index contributed by atoms with van der Waals surface area (Å²) in [5.74, 6) is 0. The maximum Gasteiger partial charge on any atom is 0.169 e. The van der Waals surface area contributed by atoms with E-state index in [9.17, 15) is 0 Å². The van der Waals surface area contributed by atoms with Crippen LogP contribution in [0.25, 0.3) is 28.2 Å². The minimum absolute atomic E-state index is 0.137. The van der Waals surface area contributed by atoms with Crippen LogP contribution >= 0.6 is 27.5 Å². The first-order chi connectivity index (χ1) is 13.1. The Bertz CT molecular complexity index is 1170. The molecular formula is C21H16BrClN4. The van der Waals surface area contributed by atoms with E-state index in [1.165, 1.54) is 11.1 Å². The Morgan fingerprint density at radius 1 is 1.07 bits per heavy atom. The smallest absolute Gasteiger partial charge is 0.169 e. The number of halogens is 2. The second kappa shape index (κ2) is 6.44. The Hall–Kier alpha value is -2.21. The van der Waals surface area contributed by atoms with Crippen LogP contribution in [0.4, 0.5) is 0 Å². The Morgan fingerprint density at radius 2 is 1.89 bits per heavy atom. The molecule has 1 atom stereocenters. The van der Waals surface area contributed by atoms with Gasteiger partial charge >= 0.3 is 0 Å². The number of fused-ring (bicyclic) bond motifs is 2. The van der Waals surface area contributed by atoms with Crippen molar-refractivity contribution in [2.75, 3.05) is 0 Å². The summed E-state index contributed by atoms with van der Waals surface area (Å²) in [6, 6.07) is 18.5. The number of hydrogen-bond acceptors (Lipinski definition) is 3. The highest BCUT2D eigenvalue weighted by atomic mass is 79.9. The molecule has 1 aliphatic rings. The number of benzene rings is 2. The van der Waals surface area contributed by atoms with Crippen LogP contribution in [0.1, 0.15) is 23.6 Å². The topological polar surface area (TPSA) is 56.2 Å². The predicted octanol–water partition coefficient (Wildman–Crippen LogP) is 5.43. The average molecular weight is 440 g/mol. The fourth-order valence-corrected chi connectivity index (χ4v) is 4.60. The third kappa shape index (κ3) is 2.78. The lowest BCUT2D eigenvalue weighted by molar-refractivity contribution is 0.713. The Labute approximate surface area is 170 Å². The van der Waals surface area contributed by atoms with E-state index in [2.05, 4.69) is 51.4 Å². The zero-order valence-corrected chi connectivity index (χ0v) is 16.7. The second-order valence-corrected chi connectivity index (χ2v) is 8.03. The van der Waals surface area contributed by atoms with Crippen molar-refractivity contribution in [3.63, 3.8) is 0 Å². The fraction of sp³-hybridized carbons (Fsp3) is 0.143. The molecule has 4 aromatic rings. The van der Waals surface area contributed by atoms with Gasteiger partial charge in [-0.05, 0) is 52.0 Å². The highest BCUT2D eigenvalue weighted by Gasteiger charge is 2.23. The van der Waals surface area contributed by atoms with Gasteiger partial charge in [-0.2, -0.15) is 5.10 Å². The Balaban J connectivity index is 1.81. The van der Waals surface area contributed by atoms with Crippen LogP contribution in [0.5, 0.6) is 0 Å². The summed E-state index contributed by atoms with van der Waals surface area (Å²) in [7, 11) is 0. The Morgan fingerprint density at radius 3 is 2.70 bits per heavy atom. The molecule has 134 valence electrons. The first-order valence-electron chi connectivity index (χ1n) is 8.81. The molecule has 0 amide bonds. The van der Waals surface area contributed by atoms with Crippen molar-refractivity contribution in [1.29, 1.82) is 0 Å². The molecule has 5 rings (SSSR count). The molecule has 2 aromatic heterocycles. The molecule has 0 saturated carbocycles. The number of nitrogens with two attached hydrogens (primary N) is 1. The van der Waals surface area contributed by atoms with Crippen molar-refractivity contribution in [3.05, 3.63) is 75.4 Å². The zero-order chi connectivity index (χ0) is 18.5. The lowest BCUT2D eigenvalue weighted by atomic mass is 10.0. The third-order valence-corrected chi connectivity index (χ3v) is 5.87. The number of rotatable bonds is 2. The first-order valence-corrected chi connectivity index (χ1v) is 9.98. The van der Waals surface area contributed by atoms with E-state index < -0.39 is 0 Å². The molecule has 0 spiro atoms. The van der Waals surface area contributed by atoms with Crippen LogP contribution < -0.4 is 5.73 Å². The van der Waals surface area contributed by atoms with E-state index in [4.69, 9.17) is 22.3 Å². The van der Waals surface area contributed by atoms with Crippen molar-refractivity contribution in [2.24, 2.45) is 5.73 Å². The number of aryl methyl sites for hydroxylation is 1. The largest absolute Gasteiger partial charge is 0.324 e. The van der Waals surface area contributed by atoms with E-state index in [0.717, 1.165) is 45.5 Å². The van der Waals surface area contributed by atoms with Crippen LogP contribution in [0, 0.1) is 0 Å². The van der Waals surface area contributed by atoms with E-state index >= 15 is 0 Å². The third-order valence-electron chi connectivity index (χ3n) is 5.10. The molecule has 0 aliphatic heterocycles. The molecule has 0 bridgehead atoms. The highest BCUT2D eigenvalue weighted by Crippen LogP contribution is 2.38. The lowest BCUT2D eigenvalue weighted by Crippen LogP contribution is -2.04. The summed E-state index contributed by atoms with van der Waals surface area (Å²) in [6.45, 7) is 0. The molecule has 6 heteroatoms. The van der Waals surface area contributed by atoms with Crippen molar-refractivity contribution in [3.8, 4) is 22.5 Å². The molecule has 2 N–H and O–H groups in total. The van der Waals surface area contributed by atoms with E-state index in [1.54, 1.807) is 6.07 Å². The summed E-state index contributed by atoms with van der Waals surface area (Å²) in [5.41, 5.74) is 13.4. The van der Waals surface area contributed by atoms with Gasteiger partial charge in [-0.15, -0.1) is 0 Å². The van der Waals surface area contributed by atoms with Gasteiger partial charge in [0, 0.05) is 17.2 Å².